The van der Waals surface area contributed by atoms with Crippen molar-refractivity contribution < 1.29 is 13.5 Å². The van der Waals surface area contributed by atoms with Gasteiger partial charge in [-0.15, -0.1) is 0 Å². The van der Waals surface area contributed by atoms with Crippen molar-refractivity contribution in [3.63, 3.8) is 0 Å². The van der Waals surface area contributed by atoms with E-state index in [1.807, 2.05) is 13.8 Å². The van der Waals surface area contributed by atoms with Crippen LogP contribution in [0.1, 0.15) is 32.8 Å². The van der Waals surface area contributed by atoms with Crippen LogP contribution < -0.4 is 15.2 Å². The Morgan fingerprint density at radius 3 is 2.62 bits per heavy atom. The molecule has 11 heteroatoms. The van der Waals surface area contributed by atoms with Crippen LogP contribution in [0.2, 0.25) is 5.02 Å². The molecular formula is C26H29ClF2N6OS. The van der Waals surface area contributed by atoms with Gasteiger partial charge in [0.25, 0.3) is 0 Å². The molecule has 0 radical (unpaired) electrons. The summed E-state index contributed by atoms with van der Waals surface area (Å²) in [7, 11) is 0. The van der Waals surface area contributed by atoms with Crippen LogP contribution in [0.25, 0.3) is 11.4 Å². The molecule has 0 aliphatic carbocycles. The maximum Gasteiger partial charge on any atom is 0.228 e. The standard InChI is InChI=1S/C26H29ClF2N6OS/c1-14(2)35-11-10-21(20(29)13-35)36-26-23(15(3)30)24(31)32-25(33-26)16-4-7-18(8-5-16)34-37-22-12-17(27)6-9-19(22)28/h4-9,12,14,20-21,30,34H,10-11,13H2,1-3H3,(H2,31,32,33). The molecule has 3 aromatic rings. The van der Waals surface area contributed by atoms with Gasteiger partial charge in [-0.3, -0.25) is 4.90 Å². The predicted molar refractivity (Wildman–Crippen MR) is 146 cm³/mol. The minimum Gasteiger partial charge on any atom is -0.471 e. The Labute approximate surface area is 224 Å². The molecule has 2 atom stereocenters. The number of nitrogens with two attached hydrogens (primary N) is 1. The number of ether oxygens (including phenoxy) is 1. The number of nitrogens with zero attached hydrogens (tertiary/aromatic N) is 3. The number of halogens is 3. The van der Waals surface area contributed by atoms with E-state index in [9.17, 15) is 8.78 Å². The fraction of sp³-hybridized carbons (Fsp3) is 0.346. The van der Waals surface area contributed by atoms with Gasteiger partial charge in [0.2, 0.25) is 5.88 Å². The Hall–Kier alpha value is -2.95. The average Bonchev–Trinajstić information content (AvgIpc) is 2.85. The van der Waals surface area contributed by atoms with Crippen LogP contribution in [0.3, 0.4) is 0 Å². The van der Waals surface area contributed by atoms with Crippen LogP contribution in [0.5, 0.6) is 5.88 Å². The van der Waals surface area contributed by atoms with Crippen molar-refractivity contribution in [1.29, 1.82) is 5.41 Å². The van der Waals surface area contributed by atoms with Gasteiger partial charge in [-0.2, -0.15) is 4.98 Å². The van der Waals surface area contributed by atoms with Crippen LogP contribution in [0.4, 0.5) is 20.3 Å². The highest BCUT2D eigenvalue weighted by Gasteiger charge is 2.33. The molecule has 0 bridgehead atoms. The maximum absolute atomic E-state index is 15.0. The third-order valence-electron chi connectivity index (χ3n) is 6.10. The second-order valence-electron chi connectivity index (χ2n) is 9.14. The fourth-order valence-electron chi connectivity index (χ4n) is 4.03. The number of aromatic nitrogens is 2. The first-order chi connectivity index (χ1) is 17.6. The molecule has 2 heterocycles. The van der Waals surface area contributed by atoms with E-state index in [-0.39, 0.29) is 41.4 Å². The molecule has 1 aliphatic heterocycles. The number of nitrogen functional groups attached to an aromatic ring is 1. The summed E-state index contributed by atoms with van der Waals surface area (Å²) in [5.41, 5.74) is 7.97. The van der Waals surface area contributed by atoms with Crippen molar-refractivity contribution in [1.82, 2.24) is 14.9 Å². The van der Waals surface area contributed by atoms with Gasteiger partial charge >= 0.3 is 0 Å². The zero-order chi connectivity index (χ0) is 26.7. The first-order valence-electron chi connectivity index (χ1n) is 11.9. The molecule has 4 rings (SSSR count). The number of nitrogens with one attached hydrogen (secondary N) is 2. The first kappa shape index (κ1) is 27.1. The molecule has 1 aromatic heterocycles. The van der Waals surface area contributed by atoms with Gasteiger partial charge in [0, 0.05) is 47.5 Å². The second-order valence-corrected chi connectivity index (χ2v) is 10.4. The highest BCUT2D eigenvalue weighted by molar-refractivity contribution is 8.00. The van der Waals surface area contributed by atoms with Crippen LogP contribution in [0.15, 0.2) is 47.4 Å². The van der Waals surface area contributed by atoms with E-state index in [1.165, 1.54) is 12.1 Å². The molecule has 4 N–H and O–H groups in total. The number of likely N-dealkylation sites (tertiary alicyclic amines) is 1. The zero-order valence-electron chi connectivity index (χ0n) is 20.8. The number of hydrogen-bond acceptors (Lipinski definition) is 8. The minimum atomic E-state index is -1.19. The van der Waals surface area contributed by atoms with Gasteiger partial charge in [0.15, 0.2) is 5.82 Å². The number of anilines is 2. The summed E-state index contributed by atoms with van der Waals surface area (Å²) >= 11 is 7.06. The lowest BCUT2D eigenvalue weighted by Gasteiger charge is -2.36. The van der Waals surface area contributed by atoms with E-state index in [0.717, 1.165) is 17.6 Å². The number of hydrogen-bond donors (Lipinski definition) is 3. The molecule has 1 aliphatic rings. The normalized spacial score (nSPS) is 18.1. The summed E-state index contributed by atoms with van der Waals surface area (Å²) in [6, 6.07) is 11.8. The minimum absolute atomic E-state index is 0.0942. The van der Waals surface area contributed by atoms with E-state index >= 15 is 0 Å². The van der Waals surface area contributed by atoms with Crippen LogP contribution in [-0.2, 0) is 0 Å². The maximum atomic E-state index is 15.0. The quantitative estimate of drug-likeness (QED) is 0.227. The molecule has 2 aromatic carbocycles. The fourth-order valence-corrected chi connectivity index (χ4v) is 4.98. The zero-order valence-corrected chi connectivity index (χ0v) is 22.3. The largest absolute Gasteiger partial charge is 0.471 e. The Bertz CT molecular complexity index is 1280. The van der Waals surface area contributed by atoms with Gasteiger partial charge < -0.3 is 20.6 Å². The molecule has 2 unspecified atom stereocenters. The van der Waals surface area contributed by atoms with Crippen molar-refractivity contribution in [3.05, 3.63) is 58.9 Å². The van der Waals surface area contributed by atoms with Crippen molar-refractivity contribution in [3.8, 4) is 17.3 Å². The summed E-state index contributed by atoms with van der Waals surface area (Å²) < 4.78 is 38.0. The summed E-state index contributed by atoms with van der Waals surface area (Å²) in [5.74, 6) is 0.126. The lowest BCUT2D eigenvalue weighted by atomic mass is 10.0. The Kier molecular flexibility index (Phi) is 8.51. The third kappa shape index (κ3) is 6.49. The van der Waals surface area contributed by atoms with Crippen molar-refractivity contribution in [2.75, 3.05) is 23.5 Å². The topological polar surface area (TPSA) is 100 Å². The molecule has 7 nitrogen and oxygen atoms in total. The predicted octanol–water partition coefficient (Wildman–Crippen LogP) is 6.22. The highest BCUT2D eigenvalue weighted by Crippen LogP contribution is 2.31. The monoisotopic (exact) mass is 546 g/mol. The van der Waals surface area contributed by atoms with Gasteiger partial charge in [0.1, 0.15) is 23.9 Å². The van der Waals surface area contributed by atoms with E-state index < -0.39 is 12.3 Å². The number of piperidine rings is 1. The molecule has 1 saturated heterocycles. The molecule has 37 heavy (non-hydrogen) atoms. The van der Waals surface area contributed by atoms with Crippen molar-refractivity contribution >= 4 is 40.8 Å². The number of rotatable bonds is 8. The number of benzene rings is 2. The van der Waals surface area contributed by atoms with E-state index in [0.29, 0.717) is 34.3 Å². The van der Waals surface area contributed by atoms with Crippen LogP contribution in [0, 0.1) is 11.2 Å². The molecule has 1 fully saturated rings. The van der Waals surface area contributed by atoms with E-state index in [2.05, 4.69) is 19.6 Å². The van der Waals surface area contributed by atoms with Crippen molar-refractivity contribution in [2.24, 2.45) is 0 Å². The Morgan fingerprint density at radius 1 is 1.24 bits per heavy atom. The van der Waals surface area contributed by atoms with E-state index in [4.69, 9.17) is 27.5 Å². The van der Waals surface area contributed by atoms with E-state index in [1.54, 1.807) is 37.3 Å². The summed E-state index contributed by atoms with van der Waals surface area (Å²) in [5, 5.41) is 8.58. The molecule has 196 valence electrons. The molecule has 0 spiro atoms. The summed E-state index contributed by atoms with van der Waals surface area (Å²) in [4.78, 5) is 11.3. The Balaban J connectivity index is 1.53. The highest BCUT2D eigenvalue weighted by atomic mass is 35.5. The third-order valence-corrected chi connectivity index (χ3v) is 7.21. The smallest absolute Gasteiger partial charge is 0.228 e. The molecular weight excluding hydrogens is 518 g/mol. The van der Waals surface area contributed by atoms with Gasteiger partial charge in [-0.25, -0.2) is 13.8 Å². The molecule has 0 amide bonds. The lowest BCUT2D eigenvalue weighted by molar-refractivity contribution is 0.00881. The van der Waals surface area contributed by atoms with Crippen molar-refractivity contribution in [2.45, 2.75) is 50.4 Å². The Morgan fingerprint density at radius 2 is 1.97 bits per heavy atom. The van der Waals surface area contributed by atoms with Gasteiger partial charge in [-0.05, 0) is 75.2 Å². The van der Waals surface area contributed by atoms with Gasteiger partial charge in [-0.1, -0.05) is 11.6 Å². The summed E-state index contributed by atoms with van der Waals surface area (Å²) in [6.45, 7) is 6.63. The summed E-state index contributed by atoms with van der Waals surface area (Å²) in [6.07, 6.45) is -1.38. The SMILES string of the molecule is CC(=N)c1c(N)nc(-c2ccc(NSc3cc(Cl)ccc3F)cc2)nc1OC1CCN(C(C)C)CC1F. The van der Waals surface area contributed by atoms with Crippen LogP contribution >= 0.6 is 23.5 Å². The number of alkyl halides is 1. The average molecular weight is 547 g/mol. The molecule has 0 saturated carbocycles. The second kappa shape index (κ2) is 11.6. The van der Waals surface area contributed by atoms with Gasteiger partial charge in [0.05, 0.1) is 10.5 Å². The lowest BCUT2D eigenvalue weighted by Crippen LogP contribution is -2.49. The first-order valence-corrected chi connectivity index (χ1v) is 13.1. The van der Waals surface area contributed by atoms with Crippen LogP contribution in [-0.4, -0.2) is 52.0 Å².